The van der Waals surface area contributed by atoms with Crippen LogP contribution in [0.25, 0.3) is 6.08 Å². The molecule has 3 rings (SSSR count). The van der Waals surface area contributed by atoms with Crippen LogP contribution in [-0.2, 0) is 15.8 Å². The minimum absolute atomic E-state index is 0.0390. The van der Waals surface area contributed by atoms with Gasteiger partial charge in [0.05, 0.1) is 5.56 Å². The van der Waals surface area contributed by atoms with Gasteiger partial charge >= 0.3 is 6.18 Å². The number of benzene rings is 2. The molecule has 0 aromatic heterocycles. The Balaban J connectivity index is 1.62. The summed E-state index contributed by atoms with van der Waals surface area (Å²) < 4.78 is 38.1. The maximum absolute atomic E-state index is 12.7. The molecule has 1 aliphatic rings. The average molecular weight is 374 g/mol. The molecule has 1 aliphatic carbocycles. The SMILES string of the molecule is O=C(C=Cc1cccc(C(F)(F)F)c1)Nc1cccc(NC(=O)C2CC2)c1. The maximum Gasteiger partial charge on any atom is 0.416 e. The van der Waals surface area contributed by atoms with E-state index in [1.54, 1.807) is 24.3 Å². The van der Waals surface area contributed by atoms with Crippen LogP contribution in [0.2, 0.25) is 0 Å². The highest BCUT2D eigenvalue weighted by molar-refractivity contribution is 6.02. The van der Waals surface area contributed by atoms with E-state index >= 15 is 0 Å². The molecule has 0 saturated heterocycles. The molecular formula is C20H17F3N2O2. The summed E-state index contributed by atoms with van der Waals surface area (Å²) in [6.07, 6.45) is -0.184. The van der Waals surface area contributed by atoms with E-state index in [0.29, 0.717) is 11.4 Å². The van der Waals surface area contributed by atoms with Crippen LogP contribution in [0, 0.1) is 5.92 Å². The van der Waals surface area contributed by atoms with E-state index in [9.17, 15) is 22.8 Å². The Bertz CT molecular complexity index is 887. The summed E-state index contributed by atoms with van der Waals surface area (Å²) in [5.41, 5.74) is 0.545. The van der Waals surface area contributed by atoms with E-state index in [1.807, 2.05) is 0 Å². The van der Waals surface area contributed by atoms with E-state index in [4.69, 9.17) is 0 Å². The van der Waals surface area contributed by atoms with Gasteiger partial charge in [-0.15, -0.1) is 0 Å². The first kappa shape index (κ1) is 18.7. The summed E-state index contributed by atoms with van der Waals surface area (Å²) in [5.74, 6) is -0.459. The number of halogens is 3. The summed E-state index contributed by atoms with van der Waals surface area (Å²) in [4.78, 5) is 23.8. The van der Waals surface area contributed by atoms with Gasteiger partial charge in [-0.1, -0.05) is 18.2 Å². The van der Waals surface area contributed by atoms with Gasteiger partial charge in [-0.2, -0.15) is 13.2 Å². The third kappa shape index (κ3) is 5.44. The van der Waals surface area contributed by atoms with Gasteiger partial charge < -0.3 is 10.6 Å². The molecule has 7 heteroatoms. The average Bonchev–Trinajstić information content (AvgIpc) is 3.45. The molecule has 0 unspecified atom stereocenters. The number of hydrogen-bond donors (Lipinski definition) is 2. The van der Waals surface area contributed by atoms with Crippen molar-refractivity contribution in [2.45, 2.75) is 19.0 Å². The van der Waals surface area contributed by atoms with Crippen molar-refractivity contribution >= 4 is 29.3 Å². The number of amides is 2. The van der Waals surface area contributed by atoms with Crippen molar-refractivity contribution in [3.05, 3.63) is 65.7 Å². The van der Waals surface area contributed by atoms with E-state index in [2.05, 4.69) is 10.6 Å². The highest BCUT2D eigenvalue weighted by Crippen LogP contribution is 2.31. The molecule has 27 heavy (non-hydrogen) atoms. The summed E-state index contributed by atoms with van der Waals surface area (Å²) in [5, 5.41) is 5.40. The van der Waals surface area contributed by atoms with Crippen molar-refractivity contribution in [2.24, 2.45) is 5.92 Å². The number of carbonyl (C=O) groups is 2. The topological polar surface area (TPSA) is 58.2 Å². The van der Waals surface area contributed by atoms with Crippen LogP contribution in [0.15, 0.2) is 54.6 Å². The number of nitrogens with one attached hydrogen (secondary N) is 2. The van der Waals surface area contributed by atoms with Crippen molar-refractivity contribution in [3.8, 4) is 0 Å². The fourth-order valence-corrected chi connectivity index (χ4v) is 2.44. The van der Waals surface area contributed by atoms with Crippen LogP contribution >= 0.6 is 0 Å². The second kappa shape index (κ2) is 7.65. The maximum atomic E-state index is 12.7. The lowest BCUT2D eigenvalue weighted by molar-refractivity contribution is -0.137. The Morgan fingerprint density at radius 1 is 0.963 bits per heavy atom. The molecule has 0 radical (unpaired) electrons. The van der Waals surface area contributed by atoms with E-state index in [0.717, 1.165) is 31.1 Å². The van der Waals surface area contributed by atoms with Crippen LogP contribution in [0.1, 0.15) is 24.0 Å². The lowest BCUT2D eigenvalue weighted by Gasteiger charge is -2.08. The molecule has 0 aliphatic heterocycles. The summed E-state index contributed by atoms with van der Waals surface area (Å²) >= 11 is 0. The third-order valence-electron chi connectivity index (χ3n) is 3.99. The Hall–Kier alpha value is -3.09. The molecule has 4 nitrogen and oxygen atoms in total. The van der Waals surface area contributed by atoms with Crippen molar-refractivity contribution < 1.29 is 22.8 Å². The fraction of sp³-hybridized carbons (Fsp3) is 0.200. The van der Waals surface area contributed by atoms with Crippen LogP contribution in [0.5, 0.6) is 0 Å². The first-order valence-corrected chi connectivity index (χ1v) is 8.38. The number of alkyl halides is 3. The third-order valence-corrected chi connectivity index (χ3v) is 3.99. The van der Waals surface area contributed by atoms with Crippen molar-refractivity contribution in [3.63, 3.8) is 0 Å². The molecule has 0 bridgehead atoms. The standard InChI is InChI=1S/C20H17F3N2O2/c21-20(22,23)15-4-1-3-13(11-15)7-10-18(26)24-16-5-2-6-17(12-16)25-19(27)14-8-9-14/h1-7,10-12,14H,8-9H2,(H,24,26)(H,25,27). The van der Waals surface area contributed by atoms with E-state index in [1.165, 1.54) is 18.2 Å². The van der Waals surface area contributed by atoms with Gasteiger partial charge in [0.1, 0.15) is 0 Å². The highest BCUT2D eigenvalue weighted by atomic mass is 19.4. The monoisotopic (exact) mass is 374 g/mol. The fourth-order valence-electron chi connectivity index (χ4n) is 2.44. The summed E-state index contributed by atoms with van der Waals surface area (Å²) in [6, 6.07) is 11.4. The summed E-state index contributed by atoms with van der Waals surface area (Å²) in [7, 11) is 0. The zero-order valence-electron chi connectivity index (χ0n) is 14.2. The normalized spacial score (nSPS) is 14.2. The lowest BCUT2D eigenvalue weighted by Crippen LogP contribution is -2.14. The molecular weight excluding hydrogens is 357 g/mol. The van der Waals surface area contributed by atoms with Gasteiger partial charge in [0.25, 0.3) is 0 Å². The van der Waals surface area contributed by atoms with Gasteiger partial charge in [0.2, 0.25) is 11.8 Å². The molecule has 2 aromatic rings. The zero-order chi connectivity index (χ0) is 19.4. The molecule has 1 fully saturated rings. The number of hydrogen-bond acceptors (Lipinski definition) is 2. The second-order valence-electron chi connectivity index (χ2n) is 6.29. The Kier molecular flexibility index (Phi) is 5.30. The Morgan fingerprint density at radius 2 is 1.63 bits per heavy atom. The van der Waals surface area contributed by atoms with Gasteiger partial charge in [-0.05, 0) is 54.8 Å². The lowest BCUT2D eigenvalue weighted by atomic mass is 10.1. The van der Waals surface area contributed by atoms with Crippen LogP contribution in [-0.4, -0.2) is 11.8 Å². The Morgan fingerprint density at radius 3 is 2.30 bits per heavy atom. The van der Waals surface area contributed by atoms with Gasteiger partial charge in [-0.3, -0.25) is 9.59 Å². The number of rotatable bonds is 5. The predicted molar refractivity (Wildman–Crippen MR) is 96.9 cm³/mol. The molecule has 140 valence electrons. The quantitative estimate of drug-likeness (QED) is 0.745. The molecule has 2 amide bonds. The number of anilines is 2. The first-order valence-electron chi connectivity index (χ1n) is 8.38. The van der Waals surface area contributed by atoms with Gasteiger partial charge in [0, 0.05) is 23.4 Å². The highest BCUT2D eigenvalue weighted by Gasteiger charge is 2.30. The van der Waals surface area contributed by atoms with Crippen molar-refractivity contribution in [2.75, 3.05) is 10.6 Å². The van der Waals surface area contributed by atoms with Crippen LogP contribution in [0.3, 0.4) is 0 Å². The van der Waals surface area contributed by atoms with Crippen molar-refractivity contribution in [1.29, 1.82) is 0 Å². The van der Waals surface area contributed by atoms with E-state index < -0.39 is 17.6 Å². The first-order chi connectivity index (χ1) is 12.8. The van der Waals surface area contributed by atoms with E-state index in [-0.39, 0.29) is 17.4 Å². The smallest absolute Gasteiger partial charge is 0.326 e. The molecule has 0 spiro atoms. The molecule has 2 aromatic carbocycles. The Labute approximate surface area is 154 Å². The predicted octanol–water partition coefficient (Wildman–Crippen LogP) is 4.71. The molecule has 1 saturated carbocycles. The zero-order valence-corrected chi connectivity index (χ0v) is 14.2. The van der Waals surface area contributed by atoms with Crippen molar-refractivity contribution in [1.82, 2.24) is 0 Å². The van der Waals surface area contributed by atoms with Crippen LogP contribution < -0.4 is 10.6 Å². The second-order valence-corrected chi connectivity index (χ2v) is 6.29. The van der Waals surface area contributed by atoms with Gasteiger partial charge in [-0.25, -0.2) is 0 Å². The number of carbonyl (C=O) groups excluding carboxylic acids is 2. The molecule has 0 heterocycles. The van der Waals surface area contributed by atoms with Gasteiger partial charge in [0.15, 0.2) is 0 Å². The largest absolute Gasteiger partial charge is 0.416 e. The molecule has 0 atom stereocenters. The minimum Gasteiger partial charge on any atom is -0.326 e. The minimum atomic E-state index is -4.43. The summed E-state index contributed by atoms with van der Waals surface area (Å²) in [6.45, 7) is 0. The molecule has 2 N–H and O–H groups in total. The van der Waals surface area contributed by atoms with Crippen LogP contribution in [0.4, 0.5) is 24.5 Å².